The van der Waals surface area contributed by atoms with E-state index in [0.717, 1.165) is 0 Å². The summed E-state index contributed by atoms with van der Waals surface area (Å²) in [5.74, 6) is 0.361. The van der Waals surface area contributed by atoms with Crippen LogP contribution in [0.4, 0.5) is 0 Å². The molecule has 116 valence electrons. The fourth-order valence-corrected chi connectivity index (χ4v) is 2.92. The topological polar surface area (TPSA) is 0 Å². The van der Waals surface area contributed by atoms with E-state index in [2.05, 4.69) is 106 Å². The number of rotatable bonds is 3. The van der Waals surface area contributed by atoms with E-state index >= 15 is 0 Å². The summed E-state index contributed by atoms with van der Waals surface area (Å²) in [5, 5.41) is 0. The summed E-state index contributed by atoms with van der Waals surface area (Å²) in [4.78, 5) is 0. The SMILES string of the molecule is CC(C)(C)C1=CC(C=C(c2ccccc2)c2ccccc2)C=C1. The predicted molar refractivity (Wildman–Crippen MR) is 100 cm³/mol. The first kappa shape index (κ1) is 15.6. The predicted octanol–water partition coefficient (Wildman–Crippen LogP) is 6.28. The molecule has 0 aliphatic heterocycles. The van der Waals surface area contributed by atoms with Gasteiger partial charge in [-0.15, -0.1) is 0 Å². The molecule has 0 nitrogen and oxygen atoms in total. The van der Waals surface area contributed by atoms with Crippen LogP contribution in [0.1, 0.15) is 31.9 Å². The Balaban J connectivity index is 2.01. The third kappa shape index (κ3) is 3.71. The summed E-state index contributed by atoms with van der Waals surface area (Å²) in [6.45, 7) is 6.81. The van der Waals surface area contributed by atoms with E-state index in [1.54, 1.807) is 0 Å². The van der Waals surface area contributed by atoms with Crippen LogP contribution >= 0.6 is 0 Å². The van der Waals surface area contributed by atoms with Crippen molar-refractivity contribution >= 4 is 5.57 Å². The Morgan fingerprint density at radius 2 is 1.35 bits per heavy atom. The van der Waals surface area contributed by atoms with Gasteiger partial charge in [0.1, 0.15) is 0 Å². The lowest BCUT2D eigenvalue weighted by Gasteiger charge is -2.18. The molecule has 0 spiro atoms. The van der Waals surface area contributed by atoms with E-state index in [4.69, 9.17) is 0 Å². The first-order chi connectivity index (χ1) is 11.0. The summed E-state index contributed by atoms with van der Waals surface area (Å²) in [5.41, 5.74) is 5.46. The van der Waals surface area contributed by atoms with Gasteiger partial charge in [-0.1, -0.05) is 106 Å². The lowest BCUT2D eigenvalue weighted by Crippen LogP contribution is -2.06. The Morgan fingerprint density at radius 1 is 0.826 bits per heavy atom. The zero-order valence-electron chi connectivity index (χ0n) is 14.2. The van der Waals surface area contributed by atoms with Crippen molar-refractivity contribution < 1.29 is 0 Å². The molecule has 0 fully saturated rings. The number of benzene rings is 2. The van der Waals surface area contributed by atoms with Gasteiger partial charge in [0.15, 0.2) is 0 Å². The van der Waals surface area contributed by atoms with E-state index in [9.17, 15) is 0 Å². The molecule has 0 heterocycles. The second-order valence-electron chi connectivity index (χ2n) is 7.12. The zero-order valence-corrected chi connectivity index (χ0v) is 14.2. The van der Waals surface area contributed by atoms with Crippen LogP contribution in [0, 0.1) is 11.3 Å². The Labute approximate surface area is 139 Å². The molecule has 0 saturated carbocycles. The molecule has 23 heavy (non-hydrogen) atoms. The van der Waals surface area contributed by atoms with Gasteiger partial charge >= 0.3 is 0 Å². The van der Waals surface area contributed by atoms with Crippen molar-refractivity contribution in [3.8, 4) is 0 Å². The fraction of sp³-hybridized carbons (Fsp3) is 0.217. The van der Waals surface area contributed by atoms with Crippen LogP contribution in [0.2, 0.25) is 0 Å². The van der Waals surface area contributed by atoms with Crippen LogP contribution < -0.4 is 0 Å². The van der Waals surface area contributed by atoms with Gasteiger partial charge < -0.3 is 0 Å². The van der Waals surface area contributed by atoms with Crippen LogP contribution in [-0.4, -0.2) is 0 Å². The van der Waals surface area contributed by atoms with Crippen molar-refractivity contribution in [2.75, 3.05) is 0 Å². The molecule has 0 aromatic heterocycles. The standard InChI is InChI=1S/C23H24/c1-23(2,3)21-15-14-18(16-21)17-22(19-10-6-4-7-11-19)20-12-8-5-9-13-20/h4-18H,1-3H3. The van der Waals surface area contributed by atoms with Crippen molar-refractivity contribution in [2.45, 2.75) is 20.8 Å². The van der Waals surface area contributed by atoms with E-state index in [1.165, 1.54) is 22.3 Å². The van der Waals surface area contributed by atoms with Crippen molar-refractivity contribution in [3.05, 3.63) is 102 Å². The number of hydrogen-bond donors (Lipinski definition) is 0. The van der Waals surface area contributed by atoms with E-state index in [1.807, 2.05) is 0 Å². The highest BCUT2D eigenvalue weighted by Gasteiger charge is 2.19. The maximum Gasteiger partial charge on any atom is 0.0145 e. The molecule has 1 atom stereocenters. The quantitative estimate of drug-likeness (QED) is 0.626. The average Bonchev–Trinajstić information content (AvgIpc) is 3.03. The Morgan fingerprint density at radius 3 is 1.78 bits per heavy atom. The summed E-state index contributed by atoms with van der Waals surface area (Å²) >= 11 is 0. The Hall–Kier alpha value is -2.34. The summed E-state index contributed by atoms with van der Waals surface area (Å²) in [6, 6.07) is 21.3. The summed E-state index contributed by atoms with van der Waals surface area (Å²) in [7, 11) is 0. The summed E-state index contributed by atoms with van der Waals surface area (Å²) < 4.78 is 0. The zero-order chi connectivity index (χ0) is 16.3. The van der Waals surface area contributed by atoms with Gasteiger partial charge in [-0.25, -0.2) is 0 Å². The normalized spacial score (nSPS) is 17.0. The lowest BCUT2D eigenvalue weighted by atomic mass is 9.87. The minimum Gasteiger partial charge on any atom is -0.0735 e. The molecule has 0 saturated heterocycles. The minimum atomic E-state index is 0.207. The maximum atomic E-state index is 2.38. The van der Waals surface area contributed by atoms with Gasteiger partial charge in [-0.05, 0) is 27.7 Å². The number of hydrogen-bond acceptors (Lipinski definition) is 0. The van der Waals surface area contributed by atoms with Gasteiger partial charge in [-0.3, -0.25) is 0 Å². The minimum absolute atomic E-state index is 0.207. The number of allylic oxidation sites excluding steroid dienone is 5. The third-order valence-corrected chi connectivity index (χ3v) is 4.26. The van der Waals surface area contributed by atoms with Crippen molar-refractivity contribution in [1.82, 2.24) is 0 Å². The second kappa shape index (κ2) is 6.42. The molecular weight excluding hydrogens is 276 g/mol. The first-order valence-electron chi connectivity index (χ1n) is 8.27. The molecule has 0 amide bonds. The van der Waals surface area contributed by atoms with Gasteiger partial charge in [0.05, 0.1) is 0 Å². The second-order valence-corrected chi connectivity index (χ2v) is 7.12. The van der Waals surface area contributed by atoms with Crippen molar-refractivity contribution in [2.24, 2.45) is 11.3 Å². The van der Waals surface area contributed by atoms with Crippen molar-refractivity contribution in [1.29, 1.82) is 0 Å². The highest BCUT2D eigenvalue weighted by Crippen LogP contribution is 2.34. The fourth-order valence-electron chi connectivity index (χ4n) is 2.92. The molecule has 0 heteroatoms. The molecule has 0 radical (unpaired) electrons. The Bertz CT molecular complexity index is 696. The highest BCUT2D eigenvalue weighted by atomic mass is 14.2. The van der Waals surface area contributed by atoms with Gasteiger partial charge in [0.2, 0.25) is 0 Å². The monoisotopic (exact) mass is 300 g/mol. The van der Waals surface area contributed by atoms with Gasteiger partial charge in [0.25, 0.3) is 0 Å². The molecule has 2 aromatic rings. The molecule has 1 aliphatic carbocycles. The maximum absolute atomic E-state index is 2.38. The highest BCUT2D eigenvalue weighted by molar-refractivity contribution is 5.80. The smallest absolute Gasteiger partial charge is 0.0145 e. The van der Waals surface area contributed by atoms with Crippen LogP contribution in [0.25, 0.3) is 5.57 Å². The lowest BCUT2D eigenvalue weighted by molar-refractivity contribution is 0.517. The van der Waals surface area contributed by atoms with Crippen LogP contribution in [-0.2, 0) is 0 Å². The Kier molecular flexibility index (Phi) is 4.34. The molecule has 1 unspecified atom stereocenters. The van der Waals surface area contributed by atoms with Crippen LogP contribution in [0.15, 0.2) is 90.5 Å². The van der Waals surface area contributed by atoms with E-state index in [0.29, 0.717) is 5.92 Å². The third-order valence-electron chi connectivity index (χ3n) is 4.26. The van der Waals surface area contributed by atoms with E-state index in [-0.39, 0.29) is 5.41 Å². The molecule has 0 bridgehead atoms. The average molecular weight is 300 g/mol. The van der Waals surface area contributed by atoms with Gasteiger partial charge in [-0.2, -0.15) is 0 Å². The largest absolute Gasteiger partial charge is 0.0735 e. The summed E-state index contributed by atoms with van der Waals surface area (Å²) in [6.07, 6.45) is 9.33. The van der Waals surface area contributed by atoms with Crippen molar-refractivity contribution in [3.63, 3.8) is 0 Å². The van der Waals surface area contributed by atoms with Crippen LogP contribution in [0.3, 0.4) is 0 Å². The van der Waals surface area contributed by atoms with Gasteiger partial charge in [0, 0.05) is 5.92 Å². The van der Waals surface area contributed by atoms with E-state index < -0.39 is 0 Å². The molecule has 1 aliphatic rings. The molecular formula is C23H24. The van der Waals surface area contributed by atoms with Crippen LogP contribution in [0.5, 0.6) is 0 Å². The molecule has 3 rings (SSSR count). The first-order valence-corrected chi connectivity index (χ1v) is 8.27. The molecule has 2 aromatic carbocycles. The molecule has 0 N–H and O–H groups in total.